The van der Waals surface area contributed by atoms with Crippen molar-refractivity contribution in [2.75, 3.05) is 0 Å². The molecular weight excluding hydrogens is 282 g/mol. The van der Waals surface area contributed by atoms with E-state index >= 15 is 0 Å². The van der Waals surface area contributed by atoms with Gasteiger partial charge in [0.2, 0.25) is 0 Å². The predicted octanol–water partition coefficient (Wildman–Crippen LogP) is -0.272. The number of aromatic nitrogens is 8. The van der Waals surface area contributed by atoms with Crippen LogP contribution in [0.15, 0.2) is 17.8 Å². The van der Waals surface area contributed by atoms with E-state index in [2.05, 4.69) is 41.5 Å². The third-order valence-corrected chi connectivity index (χ3v) is 3.45. The number of nitrogens with zero attached hydrogens (tertiary/aromatic N) is 7. The van der Waals surface area contributed by atoms with E-state index in [0.717, 1.165) is 0 Å². The molecule has 3 aromatic rings. The van der Waals surface area contributed by atoms with Crippen molar-refractivity contribution in [3.63, 3.8) is 0 Å². The van der Waals surface area contributed by atoms with Crippen molar-refractivity contribution in [1.82, 2.24) is 46.1 Å². The minimum Gasteiger partial charge on any atom is -0.341 e. The maximum Gasteiger partial charge on any atom is 0.264 e. The van der Waals surface area contributed by atoms with E-state index in [1.165, 1.54) is 22.3 Å². The van der Waals surface area contributed by atoms with E-state index in [1.54, 1.807) is 18.4 Å². The van der Waals surface area contributed by atoms with E-state index in [4.69, 9.17) is 0 Å². The molecule has 0 spiro atoms. The van der Waals surface area contributed by atoms with E-state index < -0.39 is 0 Å². The van der Waals surface area contributed by atoms with Crippen LogP contribution < -0.4 is 5.32 Å². The van der Waals surface area contributed by atoms with Crippen molar-refractivity contribution in [3.8, 4) is 5.69 Å². The summed E-state index contributed by atoms with van der Waals surface area (Å²) in [6, 6.07) is 1.42. The fourth-order valence-corrected chi connectivity index (χ4v) is 2.39. The lowest BCUT2D eigenvalue weighted by Crippen LogP contribution is -2.27. The number of tetrazole rings is 2. The molecule has 0 radical (unpaired) electrons. The number of thiophene rings is 1. The Kier molecular flexibility index (Phi) is 3.16. The minimum absolute atomic E-state index is 0.247. The molecule has 102 valence electrons. The van der Waals surface area contributed by atoms with Crippen LogP contribution in [0.25, 0.3) is 5.69 Å². The smallest absolute Gasteiger partial charge is 0.264 e. The molecule has 2 N–H and O–H groups in total. The summed E-state index contributed by atoms with van der Waals surface area (Å²) in [5.74, 6) is 0.168. The van der Waals surface area contributed by atoms with E-state index in [-0.39, 0.29) is 11.9 Å². The number of hydrogen-bond donors (Lipinski definition) is 2. The quantitative estimate of drug-likeness (QED) is 0.677. The normalized spacial score (nSPS) is 12.2. The van der Waals surface area contributed by atoms with Crippen LogP contribution in [0.5, 0.6) is 0 Å². The highest BCUT2D eigenvalue weighted by atomic mass is 32.1. The molecule has 1 unspecified atom stereocenters. The lowest BCUT2D eigenvalue weighted by Gasteiger charge is -2.09. The molecule has 1 amide bonds. The van der Waals surface area contributed by atoms with Gasteiger partial charge in [0, 0.05) is 0 Å². The first-order chi connectivity index (χ1) is 9.75. The van der Waals surface area contributed by atoms with E-state index in [0.29, 0.717) is 16.4 Å². The van der Waals surface area contributed by atoms with Crippen molar-refractivity contribution in [2.45, 2.75) is 13.0 Å². The van der Waals surface area contributed by atoms with Gasteiger partial charge in [0.05, 0.1) is 11.7 Å². The first-order valence-corrected chi connectivity index (χ1v) is 6.48. The van der Waals surface area contributed by atoms with Crippen molar-refractivity contribution in [3.05, 3.63) is 28.5 Å². The largest absolute Gasteiger partial charge is 0.341 e. The number of carbonyl (C=O) groups excluding carboxylic acids is 1. The molecule has 0 saturated heterocycles. The summed E-state index contributed by atoms with van der Waals surface area (Å²) in [6.45, 7) is 1.77. The van der Waals surface area contributed by atoms with Crippen LogP contribution >= 0.6 is 11.3 Å². The summed E-state index contributed by atoms with van der Waals surface area (Å²) in [5.41, 5.74) is 0.623. The third-order valence-electron chi connectivity index (χ3n) is 2.54. The van der Waals surface area contributed by atoms with Gasteiger partial charge >= 0.3 is 0 Å². The average molecular weight is 291 g/mol. The lowest BCUT2D eigenvalue weighted by atomic mass is 10.3. The summed E-state index contributed by atoms with van der Waals surface area (Å²) in [7, 11) is 0. The number of carbonyl (C=O) groups is 1. The van der Waals surface area contributed by atoms with Gasteiger partial charge in [-0.1, -0.05) is 5.21 Å². The van der Waals surface area contributed by atoms with Crippen LogP contribution in [0.3, 0.4) is 0 Å². The van der Waals surface area contributed by atoms with Gasteiger partial charge in [0.15, 0.2) is 5.82 Å². The molecule has 10 nitrogen and oxygen atoms in total. The zero-order valence-corrected chi connectivity index (χ0v) is 11.1. The van der Waals surface area contributed by atoms with Crippen LogP contribution in [0.4, 0.5) is 0 Å². The Labute approximate surface area is 116 Å². The topological polar surface area (TPSA) is 127 Å². The van der Waals surface area contributed by atoms with Crippen molar-refractivity contribution >= 4 is 17.2 Å². The van der Waals surface area contributed by atoms with Gasteiger partial charge in [0.1, 0.15) is 11.2 Å². The number of hydrogen-bond acceptors (Lipinski definition) is 8. The van der Waals surface area contributed by atoms with Gasteiger partial charge in [-0.05, 0) is 28.8 Å². The highest BCUT2D eigenvalue weighted by molar-refractivity contribution is 7.12. The molecule has 0 aromatic carbocycles. The monoisotopic (exact) mass is 291 g/mol. The molecule has 0 bridgehead atoms. The van der Waals surface area contributed by atoms with Crippen LogP contribution in [-0.4, -0.2) is 46.7 Å². The molecule has 11 heteroatoms. The Hall–Kier alpha value is -2.69. The Morgan fingerprint density at radius 2 is 2.45 bits per heavy atom. The second-order valence-corrected chi connectivity index (χ2v) is 4.77. The zero-order valence-electron chi connectivity index (χ0n) is 10.3. The first-order valence-electron chi connectivity index (χ1n) is 5.61. The van der Waals surface area contributed by atoms with E-state index in [9.17, 15) is 4.79 Å². The Balaban J connectivity index is 1.80. The number of rotatable bonds is 4. The first kappa shape index (κ1) is 12.3. The predicted molar refractivity (Wildman–Crippen MR) is 67.1 cm³/mol. The number of aromatic amines is 1. The number of amides is 1. The SMILES string of the molecule is CC(NC(=O)c1sccc1-n1cnnn1)c1nn[nH]n1. The third kappa shape index (κ3) is 2.25. The minimum atomic E-state index is -0.356. The highest BCUT2D eigenvalue weighted by Gasteiger charge is 2.19. The Morgan fingerprint density at radius 1 is 1.55 bits per heavy atom. The summed E-state index contributed by atoms with van der Waals surface area (Å²) < 4.78 is 1.43. The molecule has 3 heterocycles. The molecule has 0 fully saturated rings. The standard InChI is InChI=1S/C9H9N9OS/c1-5(8-12-15-16-13-8)11-9(19)7-6(2-3-20-7)18-4-10-14-17-18/h2-5H,1H3,(H,11,19)(H,12,13,15,16). The zero-order chi connectivity index (χ0) is 13.9. The van der Waals surface area contributed by atoms with Gasteiger partial charge in [-0.15, -0.1) is 26.6 Å². The summed E-state index contributed by atoms with van der Waals surface area (Å²) >= 11 is 1.30. The Morgan fingerprint density at radius 3 is 3.15 bits per heavy atom. The summed E-state index contributed by atoms with van der Waals surface area (Å²) in [5, 5.41) is 28.9. The van der Waals surface area contributed by atoms with Gasteiger partial charge in [0.25, 0.3) is 5.91 Å². The molecule has 0 aliphatic carbocycles. The van der Waals surface area contributed by atoms with Gasteiger partial charge in [-0.25, -0.2) is 0 Å². The van der Waals surface area contributed by atoms with Crippen LogP contribution in [0, 0.1) is 0 Å². The average Bonchev–Trinajstić information content (AvgIpc) is 3.19. The molecular formula is C9H9N9OS. The molecule has 0 aliphatic rings. The second kappa shape index (κ2) is 5.13. The van der Waals surface area contributed by atoms with Gasteiger partial charge in [-0.3, -0.25) is 4.79 Å². The molecule has 0 saturated carbocycles. The summed E-state index contributed by atoms with van der Waals surface area (Å²) in [4.78, 5) is 12.8. The fraction of sp³-hybridized carbons (Fsp3) is 0.222. The van der Waals surface area contributed by atoms with Crippen molar-refractivity contribution in [2.24, 2.45) is 0 Å². The number of nitrogens with one attached hydrogen (secondary N) is 2. The number of H-pyrrole nitrogens is 1. The Bertz CT molecular complexity index is 689. The molecule has 0 aliphatic heterocycles. The van der Waals surface area contributed by atoms with Crippen LogP contribution in [0.1, 0.15) is 28.5 Å². The molecule has 3 rings (SSSR count). The van der Waals surface area contributed by atoms with Crippen molar-refractivity contribution < 1.29 is 4.79 Å². The summed E-state index contributed by atoms with van der Waals surface area (Å²) in [6.07, 6.45) is 1.43. The molecule has 3 aromatic heterocycles. The molecule has 20 heavy (non-hydrogen) atoms. The second-order valence-electron chi connectivity index (χ2n) is 3.85. The van der Waals surface area contributed by atoms with Gasteiger partial charge < -0.3 is 5.32 Å². The molecule has 1 atom stereocenters. The van der Waals surface area contributed by atoms with Crippen molar-refractivity contribution in [1.29, 1.82) is 0 Å². The van der Waals surface area contributed by atoms with Crippen LogP contribution in [-0.2, 0) is 0 Å². The fourth-order valence-electron chi connectivity index (χ4n) is 1.60. The maximum absolute atomic E-state index is 12.3. The maximum atomic E-state index is 12.3. The van der Waals surface area contributed by atoms with Gasteiger partial charge in [-0.2, -0.15) is 9.90 Å². The highest BCUT2D eigenvalue weighted by Crippen LogP contribution is 2.20. The lowest BCUT2D eigenvalue weighted by molar-refractivity contribution is 0.0942. The van der Waals surface area contributed by atoms with Crippen LogP contribution in [0.2, 0.25) is 0 Å². The van der Waals surface area contributed by atoms with E-state index in [1.807, 2.05) is 0 Å².